The van der Waals surface area contributed by atoms with Gasteiger partial charge in [0, 0.05) is 17.7 Å². The Morgan fingerprint density at radius 3 is 2.65 bits per heavy atom. The lowest BCUT2D eigenvalue weighted by atomic mass is 10.1. The van der Waals surface area contributed by atoms with Crippen molar-refractivity contribution >= 4 is 28.7 Å². The SMILES string of the molecule is CC1(C)[C@H](C(=O)O)[C@@H]1C(=O)Nc1ccc2nc(C3CC3)oc2c1. The van der Waals surface area contributed by atoms with E-state index in [0.29, 0.717) is 17.2 Å². The number of fused-ring (bicyclic) bond motifs is 1. The lowest BCUT2D eigenvalue weighted by Gasteiger charge is -2.05. The molecular formula is C17H18N2O4. The monoisotopic (exact) mass is 314 g/mol. The van der Waals surface area contributed by atoms with Crippen molar-refractivity contribution in [3.8, 4) is 0 Å². The van der Waals surface area contributed by atoms with Crippen molar-refractivity contribution in [1.82, 2.24) is 4.98 Å². The summed E-state index contributed by atoms with van der Waals surface area (Å²) in [5.41, 5.74) is 1.52. The van der Waals surface area contributed by atoms with Gasteiger partial charge in [-0.2, -0.15) is 0 Å². The van der Waals surface area contributed by atoms with Crippen LogP contribution in [0.5, 0.6) is 0 Å². The molecule has 2 aliphatic rings. The number of carboxylic acid groups (broad SMARTS) is 1. The van der Waals surface area contributed by atoms with Gasteiger partial charge in [0.15, 0.2) is 11.5 Å². The summed E-state index contributed by atoms with van der Waals surface area (Å²) >= 11 is 0. The summed E-state index contributed by atoms with van der Waals surface area (Å²) in [7, 11) is 0. The summed E-state index contributed by atoms with van der Waals surface area (Å²) in [5.74, 6) is -1.12. The Bertz CT molecular complexity index is 819. The fraction of sp³-hybridized carbons (Fsp3) is 0.471. The number of hydrogen-bond acceptors (Lipinski definition) is 4. The van der Waals surface area contributed by atoms with Gasteiger partial charge in [-0.25, -0.2) is 4.98 Å². The molecule has 2 N–H and O–H groups in total. The van der Waals surface area contributed by atoms with Crippen LogP contribution in [-0.2, 0) is 9.59 Å². The summed E-state index contributed by atoms with van der Waals surface area (Å²) in [6.45, 7) is 3.61. The van der Waals surface area contributed by atoms with Crippen molar-refractivity contribution < 1.29 is 19.1 Å². The zero-order valence-corrected chi connectivity index (χ0v) is 13.0. The number of benzene rings is 1. The Balaban J connectivity index is 1.53. The summed E-state index contributed by atoms with van der Waals surface area (Å²) in [6.07, 6.45) is 2.23. The number of nitrogens with zero attached hydrogens (tertiary/aromatic N) is 1. The van der Waals surface area contributed by atoms with Crippen LogP contribution in [0.25, 0.3) is 11.1 Å². The van der Waals surface area contributed by atoms with E-state index >= 15 is 0 Å². The molecule has 6 nitrogen and oxygen atoms in total. The Labute approximate surface area is 132 Å². The van der Waals surface area contributed by atoms with E-state index in [0.717, 1.165) is 24.2 Å². The average molecular weight is 314 g/mol. The van der Waals surface area contributed by atoms with Gasteiger partial charge in [0.1, 0.15) is 5.52 Å². The molecule has 1 heterocycles. The van der Waals surface area contributed by atoms with Crippen LogP contribution in [0, 0.1) is 17.3 Å². The quantitative estimate of drug-likeness (QED) is 0.905. The number of aliphatic carboxylic acids is 1. The highest BCUT2D eigenvalue weighted by Gasteiger charge is 2.65. The minimum atomic E-state index is -0.921. The van der Waals surface area contributed by atoms with Gasteiger partial charge >= 0.3 is 5.97 Å². The molecule has 6 heteroatoms. The molecule has 0 radical (unpaired) electrons. The number of amides is 1. The molecule has 0 unspecified atom stereocenters. The van der Waals surface area contributed by atoms with Gasteiger partial charge < -0.3 is 14.8 Å². The summed E-state index contributed by atoms with van der Waals surface area (Å²) < 4.78 is 5.73. The van der Waals surface area contributed by atoms with Crippen LogP contribution >= 0.6 is 0 Å². The van der Waals surface area contributed by atoms with Crippen LogP contribution < -0.4 is 5.32 Å². The molecule has 1 amide bonds. The van der Waals surface area contributed by atoms with Crippen molar-refractivity contribution in [3.63, 3.8) is 0 Å². The van der Waals surface area contributed by atoms with Crippen LogP contribution in [0.2, 0.25) is 0 Å². The molecular weight excluding hydrogens is 296 g/mol. The second-order valence-electron chi connectivity index (χ2n) is 7.11. The van der Waals surface area contributed by atoms with E-state index in [1.54, 1.807) is 26.0 Å². The number of aromatic nitrogens is 1. The van der Waals surface area contributed by atoms with Crippen LogP contribution in [0.4, 0.5) is 5.69 Å². The molecule has 2 aliphatic carbocycles. The fourth-order valence-electron chi connectivity index (χ4n) is 3.33. The second-order valence-corrected chi connectivity index (χ2v) is 7.11. The number of oxazole rings is 1. The highest BCUT2D eigenvalue weighted by molar-refractivity contribution is 6.00. The third-order valence-electron chi connectivity index (χ3n) is 4.97. The van der Waals surface area contributed by atoms with E-state index in [2.05, 4.69) is 10.3 Å². The second kappa shape index (κ2) is 4.57. The highest BCUT2D eigenvalue weighted by atomic mass is 16.4. The third-order valence-corrected chi connectivity index (χ3v) is 4.97. The van der Waals surface area contributed by atoms with Crippen molar-refractivity contribution in [3.05, 3.63) is 24.1 Å². The molecule has 23 heavy (non-hydrogen) atoms. The van der Waals surface area contributed by atoms with Crippen molar-refractivity contribution in [2.75, 3.05) is 5.32 Å². The molecule has 2 atom stereocenters. The Morgan fingerprint density at radius 1 is 1.30 bits per heavy atom. The first kappa shape index (κ1) is 14.2. The van der Waals surface area contributed by atoms with Crippen LogP contribution in [0.3, 0.4) is 0 Å². The third kappa shape index (κ3) is 2.29. The molecule has 0 saturated heterocycles. The predicted octanol–water partition coefficient (Wildman–Crippen LogP) is 3.00. The van der Waals surface area contributed by atoms with Crippen molar-refractivity contribution in [2.24, 2.45) is 17.3 Å². The lowest BCUT2D eigenvalue weighted by molar-refractivity contribution is -0.140. The van der Waals surface area contributed by atoms with Gasteiger partial charge in [0.2, 0.25) is 5.91 Å². The molecule has 120 valence electrons. The number of hydrogen-bond donors (Lipinski definition) is 2. The number of carboxylic acids is 1. The average Bonchev–Trinajstić information content (AvgIpc) is 3.35. The zero-order chi connectivity index (χ0) is 16.4. The number of nitrogens with one attached hydrogen (secondary N) is 1. The summed E-state index contributed by atoms with van der Waals surface area (Å²) in [5, 5.41) is 12.0. The molecule has 2 fully saturated rings. The molecule has 1 aromatic carbocycles. The van der Waals surface area contributed by atoms with E-state index in [-0.39, 0.29) is 5.91 Å². The van der Waals surface area contributed by atoms with Gasteiger partial charge in [0.25, 0.3) is 0 Å². The maximum absolute atomic E-state index is 12.3. The number of carbonyl (C=O) groups is 2. The first-order valence-electron chi connectivity index (χ1n) is 7.82. The zero-order valence-electron chi connectivity index (χ0n) is 13.0. The molecule has 0 spiro atoms. The fourth-order valence-corrected chi connectivity index (χ4v) is 3.33. The minimum absolute atomic E-state index is 0.260. The number of anilines is 1. The summed E-state index contributed by atoms with van der Waals surface area (Å²) in [4.78, 5) is 28.0. The van der Waals surface area contributed by atoms with Crippen LogP contribution in [0.15, 0.2) is 22.6 Å². The van der Waals surface area contributed by atoms with E-state index in [1.165, 1.54) is 0 Å². The Hall–Kier alpha value is -2.37. The first-order chi connectivity index (χ1) is 10.9. The standard InChI is InChI=1S/C17H18N2O4/c1-17(2)12(13(17)16(21)22)14(20)18-9-5-6-10-11(7-9)23-15(19-10)8-3-4-8/h5-8,12-13H,3-4H2,1-2H3,(H,18,20)(H,21,22)/t12-,13+/m1/s1. The molecule has 1 aromatic heterocycles. The topological polar surface area (TPSA) is 92.4 Å². The highest BCUT2D eigenvalue weighted by Crippen LogP contribution is 2.58. The smallest absolute Gasteiger partial charge is 0.307 e. The molecule has 2 saturated carbocycles. The summed E-state index contributed by atoms with van der Waals surface area (Å²) in [6, 6.07) is 5.33. The number of rotatable bonds is 4. The van der Waals surface area contributed by atoms with E-state index in [9.17, 15) is 14.7 Å². The van der Waals surface area contributed by atoms with Gasteiger partial charge in [-0.05, 0) is 30.4 Å². The van der Waals surface area contributed by atoms with Gasteiger partial charge in [-0.1, -0.05) is 13.8 Å². The number of carbonyl (C=O) groups excluding carboxylic acids is 1. The molecule has 0 bridgehead atoms. The van der Waals surface area contributed by atoms with Crippen molar-refractivity contribution in [2.45, 2.75) is 32.6 Å². The lowest BCUT2D eigenvalue weighted by Crippen LogP contribution is -2.17. The van der Waals surface area contributed by atoms with Crippen LogP contribution in [-0.4, -0.2) is 22.0 Å². The van der Waals surface area contributed by atoms with Crippen molar-refractivity contribution in [1.29, 1.82) is 0 Å². The van der Waals surface area contributed by atoms with Gasteiger partial charge in [-0.15, -0.1) is 0 Å². The van der Waals surface area contributed by atoms with E-state index < -0.39 is 23.2 Å². The molecule has 0 aliphatic heterocycles. The normalized spacial score (nSPS) is 25.3. The van der Waals surface area contributed by atoms with E-state index in [4.69, 9.17) is 4.42 Å². The first-order valence-corrected chi connectivity index (χ1v) is 7.82. The van der Waals surface area contributed by atoms with Gasteiger partial charge in [0.05, 0.1) is 11.8 Å². The predicted molar refractivity (Wildman–Crippen MR) is 83.0 cm³/mol. The van der Waals surface area contributed by atoms with E-state index in [1.807, 2.05) is 6.07 Å². The maximum atomic E-state index is 12.3. The largest absolute Gasteiger partial charge is 0.481 e. The minimum Gasteiger partial charge on any atom is -0.481 e. The molecule has 4 rings (SSSR count). The Kier molecular flexibility index (Phi) is 2.83. The Morgan fingerprint density at radius 2 is 2.04 bits per heavy atom. The molecule has 2 aromatic rings. The van der Waals surface area contributed by atoms with Gasteiger partial charge in [-0.3, -0.25) is 9.59 Å². The maximum Gasteiger partial charge on any atom is 0.307 e. The van der Waals surface area contributed by atoms with Crippen LogP contribution in [0.1, 0.15) is 38.5 Å².